The smallest absolute Gasteiger partial charge is 0.374 e. The second-order valence-electron chi connectivity index (χ2n) is 9.82. The predicted octanol–water partition coefficient (Wildman–Crippen LogP) is 6.51. The third kappa shape index (κ3) is 10.8. The molecule has 0 aliphatic carbocycles. The zero-order chi connectivity index (χ0) is 29.6. The second kappa shape index (κ2) is 15.9. The molecule has 41 heavy (non-hydrogen) atoms. The Morgan fingerprint density at radius 3 is 2.12 bits per heavy atom. The number of aryl methyl sites for hydroxylation is 1. The van der Waals surface area contributed by atoms with Gasteiger partial charge in [-0.05, 0) is 88.9 Å². The molecule has 0 aliphatic rings. The van der Waals surface area contributed by atoms with Crippen molar-refractivity contribution >= 4 is 23.5 Å². The summed E-state index contributed by atoms with van der Waals surface area (Å²) in [6.07, 6.45) is 3.06. The lowest BCUT2D eigenvalue weighted by atomic mass is 10.1. The minimum Gasteiger partial charge on any atom is -0.494 e. The number of benzene rings is 3. The van der Waals surface area contributed by atoms with E-state index in [0.29, 0.717) is 23.6 Å². The normalized spacial score (nSPS) is 11.2. The molecule has 8 nitrogen and oxygen atoms in total. The first-order chi connectivity index (χ1) is 19.7. The monoisotopic (exact) mass is 559 g/mol. The lowest BCUT2D eigenvalue weighted by molar-refractivity contribution is -0.147. The maximum absolute atomic E-state index is 13.0. The van der Waals surface area contributed by atoms with Crippen LogP contribution in [0.4, 0.5) is 5.69 Å². The molecule has 0 aromatic heterocycles. The Kier molecular flexibility index (Phi) is 12.0. The number of carbonyl (C=O) groups excluding carboxylic acids is 3. The van der Waals surface area contributed by atoms with Gasteiger partial charge in [0.2, 0.25) is 5.76 Å². The van der Waals surface area contributed by atoms with Gasteiger partial charge in [-0.3, -0.25) is 4.79 Å². The van der Waals surface area contributed by atoms with Crippen molar-refractivity contribution in [2.24, 2.45) is 0 Å². The van der Waals surface area contributed by atoms with Crippen LogP contribution in [0, 0.1) is 0 Å². The number of anilines is 1. The molecular formula is C33H37NO7. The first-order valence-corrected chi connectivity index (χ1v) is 13.7. The first-order valence-electron chi connectivity index (χ1n) is 13.7. The van der Waals surface area contributed by atoms with E-state index < -0.39 is 18.0 Å². The molecule has 216 valence electrons. The summed E-state index contributed by atoms with van der Waals surface area (Å²) in [5.41, 5.74) is 2.02. The summed E-state index contributed by atoms with van der Waals surface area (Å²) in [6, 6.07) is 23.7. The zero-order valence-corrected chi connectivity index (χ0v) is 23.9. The highest BCUT2D eigenvalue weighted by Gasteiger charge is 2.20. The van der Waals surface area contributed by atoms with Gasteiger partial charge in [-0.1, -0.05) is 42.5 Å². The molecule has 0 unspecified atom stereocenters. The molecule has 1 N–H and O–H groups in total. The van der Waals surface area contributed by atoms with Gasteiger partial charge in [0.05, 0.1) is 30.6 Å². The molecule has 0 radical (unpaired) electrons. The average molecular weight is 560 g/mol. The molecule has 3 aromatic rings. The summed E-state index contributed by atoms with van der Waals surface area (Å²) < 4.78 is 21.9. The Morgan fingerprint density at radius 1 is 0.780 bits per heavy atom. The van der Waals surface area contributed by atoms with Crippen LogP contribution in [-0.4, -0.2) is 36.7 Å². The van der Waals surface area contributed by atoms with E-state index in [1.165, 1.54) is 5.56 Å². The van der Waals surface area contributed by atoms with E-state index in [1.807, 2.05) is 18.2 Å². The van der Waals surface area contributed by atoms with E-state index in [0.717, 1.165) is 25.3 Å². The van der Waals surface area contributed by atoms with E-state index in [-0.39, 0.29) is 23.5 Å². The number of esters is 2. The molecule has 1 amide bonds. The fraction of sp³-hybridized carbons (Fsp3) is 0.303. The average Bonchev–Trinajstić information content (AvgIpc) is 2.93. The van der Waals surface area contributed by atoms with Gasteiger partial charge in [-0.2, -0.15) is 0 Å². The van der Waals surface area contributed by atoms with E-state index in [1.54, 1.807) is 76.2 Å². The van der Waals surface area contributed by atoms with Crippen LogP contribution in [0.2, 0.25) is 0 Å². The van der Waals surface area contributed by atoms with Gasteiger partial charge in [0.1, 0.15) is 5.75 Å². The third-order valence-electron chi connectivity index (χ3n) is 5.59. The molecule has 0 spiro atoms. The summed E-state index contributed by atoms with van der Waals surface area (Å²) in [5.74, 6) is -1.51. The summed E-state index contributed by atoms with van der Waals surface area (Å²) in [5, 5.41) is 2.79. The van der Waals surface area contributed by atoms with Crippen molar-refractivity contribution in [2.45, 2.75) is 59.2 Å². The molecule has 0 saturated heterocycles. The Balaban J connectivity index is 1.61. The Hall–Kier alpha value is -4.59. The summed E-state index contributed by atoms with van der Waals surface area (Å²) in [4.78, 5) is 37.8. The Labute approximate surface area is 241 Å². The molecule has 8 heteroatoms. The number of hydrogen-bond donors (Lipinski definition) is 1. The standard InChI is InChI=1S/C33H37NO7/c1-23(2)39-31(35)22-30(33(37)40-24(3)4)41-29-16-9-8-15-28(29)34-32(36)26-17-19-27(20-18-26)38-21-11-10-14-25-12-6-5-7-13-25/h5-9,12-13,15-20,22-24H,10-11,14,21H2,1-4H3,(H,34,36)/b30-22+. The molecule has 3 rings (SSSR count). The lowest BCUT2D eigenvalue weighted by Crippen LogP contribution is -2.20. The largest absolute Gasteiger partial charge is 0.494 e. The van der Waals surface area contributed by atoms with Crippen LogP contribution in [0.15, 0.2) is 90.7 Å². The van der Waals surface area contributed by atoms with Gasteiger partial charge >= 0.3 is 11.9 Å². The zero-order valence-electron chi connectivity index (χ0n) is 23.9. The van der Waals surface area contributed by atoms with Gasteiger partial charge in [-0.25, -0.2) is 9.59 Å². The van der Waals surface area contributed by atoms with Gasteiger partial charge < -0.3 is 24.3 Å². The highest BCUT2D eigenvalue weighted by molar-refractivity contribution is 6.05. The number of rotatable bonds is 14. The van der Waals surface area contributed by atoms with Crippen molar-refractivity contribution in [1.82, 2.24) is 0 Å². The predicted molar refractivity (Wildman–Crippen MR) is 157 cm³/mol. The summed E-state index contributed by atoms with van der Waals surface area (Å²) in [6.45, 7) is 7.32. The van der Waals surface area contributed by atoms with Crippen molar-refractivity contribution in [3.8, 4) is 11.5 Å². The van der Waals surface area contributed by atoms with E-state index in [2.05, 4.69) is 17.4 Å². The van der Waals surface area contributed by atoms with Crippen molar-refractivity contribution in [3.63, 3.8) is 0 Å². The van der Waals surface area contributed by atoms with Crippen LogP contribution in [0.5, 0.6) is 11.5 Å². The van der Waals surface area contributed by atoms with Crippen molar-refractivity contribution in [1.29, 1.82) is 0 Å². The van der Waals surface area contributed by atoms with Crippen LogP contribution < -0.4 is 14.8 Å². The quantitative estimate of drug-likeness (QED) is 0.104. The summed E-state index contributed by atoms with van der Waals surface area (Å²) in [7, 11) is 0. The van der Waals surface area contributed by atoms with E-state index in [4.69, 9.17) is 18.9 Å². The van der Waals surface area contributed by atoms with E-state index >= 15 is 0 Å². The topological polar surface area (TPSA) is 100 Å². The number of ether oxygens (including phenoxy) is 4. The van der Waals surface area contributed by atoms with Crippen molar-refractivity contribution in [3.05, 3.63) is 102 Å². The summed E-state index contributed by atoms with van der Waals surface area (Å²) >= 11 is 0. The van der Waals surface area contributed by atoms with Crippen molar-refractivity contribution in [2.75, 3.05) is 11.9 Å². The molecular weight excluding hydrogens is 522 g/mol. The van der Waals surface area contributed by atoms with Crippen LogP contribution in [-0.2, 0) is 25.5 Å². The van der Waals surface area contributed by atoms with Gasteiger partial charge in [0.15, 0.2) is 5.75 Å². The van der Waals surface area contributed by atoms with Gasteiger partial charge in [-0.15, -0.1) is 0 Å². The fourth-order valence-electron chi connectivity index (χ4n) is 3.72. The Morgan fingerprint density at radius 2 is 1.44 bits per heavy atom. The fourth-order valence-corrected chi connectivity index (χ4v) is 3.72. The number of nitrogens with one attached hydrogen (secondary N) is 1. The molecule has 0 fully saturated rings. The number of amides is 1. The maximum atomic E-state index is 13.0. The maximum Gasteiger partial charge on any atom is 0.374 e. The Bertz CT molecular complexity index is 1310. The number of unbranched alkanes of at least 4 members (excludes halogenated alkanes) is 1. The van der Waals surface area contributed by atoms with Gasteiger partial charge in [0, 0.05) is 5.56 Å². The number of para-hydroxylation sites is 2. The number of hydrogen-bond acceptors (Lipinski definition) is 7. The van der Waals surface area contributed by atoms with Crippen LogP contribution >= 0.6 is 0 Å². The van der Waals surface area contributed by atoms with Crippen molar-refractivity contribution < 1.29 is 33.3 Å². The SMILES string of the molecule is CC(C)OC(=O)/C=C(/Oc1ccccc1NC(=O)c1ccc(OCCCCc2ccccc2)cc1)C(=O)OC(C)C. The third-order valence-corrected chi connectivity index (χ3v) is 5.59. The second-order valence-corrected chi connectivity index (χ2v) is 9.82. The minimum absolute atomic E-state index is 0.153. The van der Waals surface area contributed by atoms with E-state index in [9.17, 15) is 14.4 Å². The van der Waals surface area contributed by atoms with Crippen LogP contribution in [0.1, 0.15) is 56.5 Å². The highest BCUT2D eigenvalue weighted by atomic mass is 16.6. The highest BCUT2D eigenvalue weighted by Crippen LogP contribution is 2.27. The lowest BCUT2D eigenvalue weighted by Gasteiger charge is -2.15. The minimum atomic E-state index is -0.836. The van der Waals surface area contributed by atoms with Gasteiger partial charge in [0.25, 0.3) is 5.91 Å². The van der Waals surface area contributed by atoms with Crippen LogP contribution in [0.25, 0.3) is 0 Å². The molecule has 0 aliphatic heterocycles. The first kappa shape index (κ1) is 30.9. The molecule has 0 bridgehead atoms. The molecule has 3 aromatic carbocycles. The molecule has 0 atom stereocenters. The molecule has 0 saturated carbocycles. The molecule has 0 heterocycles. The number of carbonyl (C=O) groups is 3. The van der Waals surface area contributed by atoms with Crippen LogP contribution in [0.3, 0.4) is 0 Å².